The van der Waals surface area contributed by atoms with Crippen LogP contribution in [0.5, 0.6) is 0 Å². The third-order valence-corrected chi connectivity index (χ3v) is 20.1. The molecule has 0 fully saturated rings. The number of likely N-dealkylation sites (N-methyl/N-ethyl adjacent to an activating group) is 7. The van der Waals surface area contributed by atoms with Crippen LogP contribution in [0.1, 0.15) is 165 Å². The zero-order valence-corrected chi connectivity index (χ0v) is 68.8. The molecule has 0 aromatic heterocycles. The summed E-state index contributed by atoms with van der Waals surface area (Å²) in [4.78, 5) is 204. The van der Waals surface area contributed by atoms with Crippen LogP contribution in [0.25, 0.3) is 11.1 Å². The Hall–Kier alpha value is -9.96. The summed E-state index contributed by atoms with van der Waals surface area (Å²) in [5.41, 5.74) is 3.18. The van der Waals surface area contributed by atoms with E-state index in [1.54, 1.807) is 30.3 Å². The van der Waals surface area contributed by atoms with Crippen LogP contribution in [0.4, 0.5) is 4.79 Å². The summed E-state index contributed by atoms with van der Waals surface area (Å²) >= 11 is 0. The fraction of sp³-hybridized carbons (Fsp3) is 0.605. The normalized spacial score (nSPS) is 14.7. The van der Waals surface area contributed by atoms with E-state index >= 15 is 0 Å². The summed E-state index contributed by atoms with van der Waals surface area (Å²) in [6.45, 7) is 25.7. The number of rotatable bonds is 40. The van der Waals surface area contributed by atoms with Gasteiger partial charge < -0.3 is 71.1 Å². The predicted molar refractivity (Wildman–Crippen MR) is 418 cm³/mol. The Balaban J connectivity index is 1.43. The van der Waals surface area contributed by atoms with Gasteiger partial charge in [0.25, 0.3) is 0 Å². The maximum Gasteiger partial charge on any atom is 0.410 e. The highest BCUT2D eigenvalue weighted by molar-refractivity contribution is 5.99. The molecule has 4 rings (SSSR count). The van der Waals surface area contributed by atoms with E-state index in [4.69, 9.17) is 4.74 Å². The van der Waals surface area contributed by atoms with Gasteiger partial charge in [-0.25, -0.2) is 9.59 Å². The van der Waals surface area contributed by atoms with E-state index < -0.39 is 162 Å². The van der Waals surface area contributed by atoms with E-state index in [9.17, 15) is 72.2 Å². The largest absolute Gasteiger partial charge is 0.480 e. The Morgan fingerprint density at radius 3 is 1.31 bits per heavy atom. The summed E-state index contributed by atoms with van der Waals surface area (Å²) in [5, 5.41) is 25.7. The minimum atomic E-state index is -1.64. The third-order valence-electron chi connectivity index (χ3n) is 20.1. The van der Waals surface area contributed by atoms with Crippen molar-refractivity contribution in [1.29, 1.82) is 0 Å². The summed E-state index contributed by atoms with van der Waals surface area (Å²) in [6.07, 6.45) is -0.0702. The van der Waals surface area contributed by atoms with E-state index in [0.29, 0.717) is 5.56 Å². The fourth-order valence-electron chi connectivity index (χ4n) is 13.0. The molecule has 29 nitrogen and oxygen atoms in total. The van der Waals surface area contributed by atoms with Gasteiger partial charge in [-0.05, 0) is 131 Å². The second-order valence-corrected chi connectivity index (χ2v) is 31.9. The van der Waals surface area contributed by atoms with E-state index in [1.165, 1.54) is 101 Å². The molecule has 3 aromatic rings. The number of hydrogen-bond acceptors (Lipinski definition) is 15. The molecule has 7 N–H and O–H groups in total. The van der Waals surface area contributed by atoms with Crippen LogP contribution < -0.4 is 31.9 Å². The zero-order valence-electron chi connectivity index (χ0n) is 68.8. The van der Waals surface area contributed by atoms with Crippen molar-refractivity contribution in [2.45, 2.75) is 221 Å². The molecule has 1 aliphatic carbocycles. The number of nitrogens with zero attached hydrogens (tertiary/aromatic N) is 7. The number of amides is 13. The average molecular weight is 1530 g/mol. The van der Waals surface area contributed by atoms with Crippen molar-refractivity contribution in [3.63, 3.8) is 0 Å². The number of nitrogens with one attached hydrogen (secondary N) is 6. The standard InChI is InChI=1S/C81H123N13O16/c1-46(2)37-61(85-71(99)54(14)91(20)80(109)110-45-60-58-35-29-27-33-56(58)57-34-28-30-36-59(57)60)75(103)88(17)44-68(96)89(18)53(13)70(98)86-63(39-48(5)6)77(105)94(23)66(42-55-31-25-24-26-32-55)78(106)90(19)52(12)69(97)82-43-67(95)84-62(38-47(3)4)76(104)93(22)64(40-49(7)8)72(100)83-51(11)74(102)92(21)65(41-50(9)10)73(101)87-81(15,16)79(107)108/h24-36,46-54,60-66H,37-45H2,1-23H3,(H,82,97)(H,83,100)(H,84,95)(H,85,99)(H,86,98)(H,87,101)(H,107,108)/t51-,52-,53-,54-,61-,62-,63-,64-,65-,66-/m0/s1. The highest BCUT2D eigenvalue weighted by Crippen LogP contribution is 2.44. The molecule has 10 atom stereocenters. The quantitative estimate of drug-likeness (QED) is 0.0374. The highest BCUT2D eigenvalue weighted by atomic mass is 16.6. The van der Waals surface area contributed by atoms with Gasteiger partial charge >= 0.3 is 12.1 Å². The number of aliphatic carboxylic acids is 1. The number of carbonyl (C=O) groups is 14. The molecule has 0 aliphatic heterocycles. The lowest BCUT2D eigenvalue weighted by atomic mass is 9.98. The van der Waals surface area contributed by atoms with Crippen LogP contribution in [0.2, 0.25) is 0 Å². The molecule has 0 unspecified atom stereocenters. The number of fused-ring (bicyclic) bond motifs is 3. The first-order chi connectivity index (χ1) is 51.2. The SMILES string of the molecule is CC(C)C[C@H](NC(=O)[C@H](C)N(C)C(=O)OCC1c2ccccc2-c2ccccc21)C(=O)N(C)CC(=O)N(C)[C@@H](C)C(=O)N[C@@H](CC(C)C)C(=O)N(C)[C@@H](Cc1ccccc1)C(=O)N(C)[C@@H](C)C(=O)NCC(=O)N[C@@H](CC(C)C)C(=O)N(C)[C@@H](CC(C)C)C(=O)N[C@@H](C)C(=O)N(C)[C@@H](CC(C)C)C(=O)NC(C)(C)C(=O)O. The van der Waals surface area contributed by atoms with Gasteiger partial charge in [0.2, 0.25) is 70.9 Å². The van der Waals surface area contributed by atoms with Crippen molar-refractivity contribution in [3.05, 3.63) is 95.6 Å². The predicted octanol–water partition coefficient (Wildman–Crippen LogP) is 5.42. The molecule has 13 amide bonds. The molecule has 0 radical (unpaired) electrons. The Labute approximate surface area is 649 Å². The highest BCUT2D eigenvalue weighted by Gasteiger charge is 2.42. The number of ether oxygens (including phenoxy) is 1. The van der Waals surface area contributed by atoms with E-state index in [2.05, 4.69) is 31.9 Å². The maximum atomic E-state index is 14.9. The molecule has 110 heavy (non-hydrogen) atoms. The summed E-state index contributed by atoms with van der Waals surface area (Å²) in [5.74, 6) is -10.4. The maximum absolute atomic E-state index is 14.9. The molecule has 29 heteroatoms. The van der Waals surface area contributed by atoms with Gasteiger partial charge in [0.1, 0.15) is 72.6 Å². The lowest BCUT2D eigenvalue weighted by Gasteiger charge is -2.36. The topological polar surface area (TPSA) is 363 Å². The Kier molecular flexibility index (Phi) is 35.1. The molecule has 0 heterocycles. The third kappa shape index (κ3) is 25.8. The van der Waals surface area contributed by atoms with Crippen LogP contribution in [-0.2, 0) is 73.5 Å². The van der Waals surface area contributed by atoms with Gasteiger partial charge in [0, 0.05) is 61.7 Å². The van der Waals surface area contributed by atoms with E-state index in [1.807, 2.05) is 118 Å². The van der Waals surface area contributed by atoms with E-state index in [0.717, 1.165) is 46.8 Å². The van der Waals surface area contributed by atoms with Gasteiger partial charge in [-0.3, -0.25) is 62.4 Å². The number of carboxylic acid groups (broad SMARTS) is 1. The van der Waals surface area contributed by atoms with Crippen molar-refractivity contribution in [1.82, 2.24) is 66.2 Å². The van der Waals surface area contributed by atoms with Gasteiger partial charge in [0.15, 0.2) is 0 Å². The van der Waals surface area contributed by atoms with Crippen molar-refractivity contribution >= 4 is 82.9 Å². The first-order valence-corrected chi connectivity index (χ1v) is 38.0. The van der Waals surface area contributed by atoms with Gasteiger partial charge in [-0.15, -0.1) is 0 Å². The van der Waals surface area contributed by atoms with Crippen LogP contribution in [0.3, 0.4) is 0 Å². The second-order valence-electron chi connectivity index (χ2n) is 31.9. The van der Waals surface area contributed by atoms with Crippen molar-refractivity contribution in [2.24, 2.45) is 29.6 Å². The lowest BCUT2D eigenvalue weighted by molar-refractivity contribution is -0.149. The number of carbonyl (C=O) groups excluding carboxylic acids is 13. The van der Waals surface area contributed by atoms with Crippen LogP contribution in [0.15, 0.2) is 78.9 Å². The molecule has 0 spiro atoms. The first-order valence-electron chi connectivity index (χ1n) is 38.0. The summed E-state index contributed by atoms with van der Waals surface area (Å²) < 4.78 is 5.80. The minimum absolute atomic E-state index is 0.0315. The van der Waals surface area contributed by atoms with Gasteiger partial charge in [-0.1, -0.05) is 148 Å². The van der Waals surface area contributed by atoms with Crippen molar-refractivity contribution in [2.75, 3.05) is 69.0 Å². The van der Waals surface area contributed by atoms with Gasteiger partial charge in [-0.2, -0.15) is 0 Å². The lowest BCUT2D eigenvalue weighted by Crippen LogP contribution is -2.60. The summed E-state index contributed by atoms with van der Waals surface area (Å²) in [7, 11) is 9.78. The van der Waals surface area contributed by atoms with Crippen LogP contribution in [-0.4, -0.2) is 257 Å². The van der Waals surface area contributed by atoms with Crippen molar-refractivity contribution < 1.29 is 77.0 Å². The Bertz CT molecular complexity index is 3690. The minimum Gasteiger partial charge on any atom is -0.480 e. The Morgan fingerprint density at radius 1 is 0.427 bits per heavy atom. The summed E-state index contributed by atoms with van der Waals surface area (Å²) in [6, 6.07) is 12.8. The molecule has 608 valence electrons. The molecule has 0 saturated carbocycles. The molecule has 0 bridgehead atoms. The zero-order chi connectivity index (χ0) is 83.3. The van der Waals surface area contributed by atoms with Crippen LogP contribution >= 0.6 is 0 Å². The fourth-order valence-corrected chi connectivity index (χ4v) is 13.0. The molecule has 0 saturated heterocycles. The van der Waals surface area contributed by atoms with Crippen molar-refractivity contribution in [3.8, 4) is 11.1 Å². The number of hydrogen-bond donors (Lipinski definition) is 7. The molecule has 1 aliphatic rings. The smallest absolute Gasteiger partial charge is 0.410 e. The number of carboxylic acids is 1. The first kappa shape index (κ1) is 92.4. The number of benzene rings is 3. The van der Waals surface area contributed by atoms with Crippen LogP contribution in [0, 0.1) is 29.6 Å². The van der Waals surface area contributed by atoms with Gasteiger partial charge in [0.05, 0.1) is 13.1 Å². The Morgan fingerprint density at radius 2 is 0.836 bits per heavy atom. The monoisotopic (exact) mass is 1530 g/mol. The average Bonchev–Trinajstić information content (AvgIpc) is 1.61. The molecule has 3 aromatic carbocycles. The molecular weight excluding hydrogens is 1410 g/mol. The van der Waals surface area contributed by atoms with E-state index in [-0.39, 0.29) is 80.6 Å². The molecular formula is C81H123N13O16. The second kappa shape index (κ2) is 41.7.